The molecule has 0 spiro atoms. The SMILES string of the molecule is CS[C@H]1[C@H](OS(=O)(=O)c2ccc(C)cc2)C(=O)N1c1ccccc1. The van der Waals surface area contributed by atoms with Gasteiger partial charge in [0.25, 0.3) is 16.0 Å². The van der Waals surface area contributed by atoms with Gasteiger partial charge < -0.3 is 0 Å². The van der Waals surface area contributed by atoms with E-state index < -0.39 is 16.2 Å². The second-order valence-electron chi connectivity index (χ2n) is 5.45. The average Bonchev–Trinajstić information content (AvgIpc) is 2.58. The average molecular weight is 363 g/mol. The number of para-hydroxylation sites is 1. The molecule has 1 aliphatic heterocycles. The molecule has 5 nitrogen and oxygen atoms in total. The molecule has 0 aliphatic carbocycles. The number of hydrogen-bond acceptors (Lipinski definition) is 5. The fraction of sp³-hybridized carbons (Fsp3) is 0.235. The number of rotatable bonds is 5. The zero-order valence-corrected chi connectivity index (χ0v) is 14.9. The van der Waals surface area contributed by atoms with E-state index in [1.54, 1.807) is 17.0 Å². The van der Waals surface area contributed by atoms with E-state index in [-0.39, 0.29) is 16.2 Å². The van der Waals surface area contributed by atoms with Crippen LogP contribution >= 0.6 is 11.8 Å². The van der Waals surface area contributed by atoms with Crippen LogP contribution < -0.4 is 4.90 Å². The van der Waals surface area contributed by atoms with E-state index in [9.17, 15) is 13.2 Å². The minimum atomic E-state index is -3.98. The third kappa shape index (κ3) is 3.07. The summed E-state index contributed by atoms with van der Waals surface area (Å²) < 4.78 is 30.0. The highest BCUT2D eigenvalue weighted by molar-refractivity contribution is 7.99. The molecule has 2 aromatic carbocycles. The lowest BCUT2D eigenvalue weighted by Gasteiger charge is -2.44. The number of amides is 1. The maximum atomic E-state index is 12.4. The summed E-state index contributed by atoms with van der Waals surface area (Å²) in [5, 5.41) is -0.375. The fourth-order valence-electron chi connectivity index (χ4n) is 2.52. The van der Waals surface area contributed by atoms with Crippen molar-refractivity contribution < 1.29 is 17.4 Å². The monoisotopic (exact) mass is 363 g/mol. The molecule has 0 saturated carbocycles. The van der Waals surface area contributed by atoms with Crippen LogP contribution in [0.3, 0.4) is 0 Å². The van der Waals surface area contributed by atoms with Gasteiger partial charge in [-0.25, -0.2) is 4.18 Å². The second-order valence-corrected chi connectivity index (χ2v) is 7.98. The number of anilines is 1. The smallest absolute Gasteiger partial charge is 0.294 e. The second kappa shape index (κ2) is 6.58. The number of carbonyl (C=O) groups excluding carboxylic acids is 1. The third-order valence-corrected chi connectivity index (χ3v) is 6.06. The Hall–Kier alpha value is -1.83. The van der Waals surface area contributed by atoms with Gasteiger partial charge >= 0.3 is 0 Å². The molecule has 2 aromatic rings. The Morgan fingerprint density at radius 1 is 1.04 bits per heavy atom. The summed E-state index contributed by atoms with van der Waals surface area (Å²) >= 11 is 1.38. The Labute approximate surface area is 145 Å². The Balaban J connectivity index is 1.81. The number of aryl methyl sites for hydroxylation is 1. The lowest BCUT2D eigenvalue weighted by molar-refractivity contribution is -0.131. The van der Waals surface area contributed by atoms with Crippen molar-refractivity contribution in [1.29, 1.82) is 0 Å². The van der Waals surface area contributed by atoms with Gasteiger partial charge in [-0.05, 0) is 37.4 Å². The summed E-state index contributed by atoms with van der Waals surface area (Å²) in [6.07, 6.45) is 0.813. The minimum Gasteiger partial charge on any atom is -0.294 e. The van der Waals surface area contributed by atoms with Crippen LogP contribution in [0.5, 0.6) is 0 Å². The quantitative estimate of drug-likeness (QED) is 0.604. The molecule has 7 heteroatoms. The minimum absolute atomic E-state index is 0.0546. The van der Waals surface area contributed by atoms with Gasteiger partial charge in [0.15, 0.2) is 6.10 Å². The maximum Gasteiger partial charge on any atom is 0.297 e. The molecule has 1 heterocycles. The van der Waals surface area contributed by atoms with Crippen molar-refractivity contribution in [3.63, 3.8) is 0 Å². The van der Waals surface area contributed by atoms with Crippen LogP contribution in [0, 0.1) is 6.92 Å². The summed E-state index contributed by atoms with van der Waals surface area (Å²) in [6, 6.07) is 15.5. The number of hydrogen-bond donors (Lipinski definition) is 0. The van der Waals surface area contributed by atoms with Gasteiger partial charge in [-0.15, -0.1) is 11.8 Å². The zero-order chi connectivity index (χ0) is 17.3. The van der Waals surface area contributed by atoms with Gasteiger partial charge in [0.05, 0.1) is 4.90 Å². The molecule has 1 saturated heterocycles. The van der Waals surface area contributed by atoms with Crippen molar-refractivity contribution in [3.05, 3.63) is 60.2 Å². The van der Waals surface area contributed by atoms with Crippen molar-refractivity contribution in [2.24, 2.45) is 0 Å². The predicted octanol–water partition coefficient (Wildman–Crippen LogP) is 2.80. The molecular weight excluding hydrogens is 346 g/mol. The summed E-state index contributed by atoms with van der Waals surface area (Å²) in [6.45, 7) is 1.87. The number of thioether (sulfide) groups is 1. The number of benzene rings is 2. The standard InChI is InChI=1S/C17H17NO4S2/c1-12-8-10-14(11-9-12)24(20,21)22-15-16(19)18(17(15)23-2)13-6-4-3-5-7-13/h3-11,15,17H,1-2H3/t15-,17+/m1/s1. The highest BCUT2D eigenvalue weighted by Gasteiger charge is 2.51. The number of carbonyl (C=O) groups is 1. The van der Waals surface area contributed by atoms with Crippen molar-refractivity contribution in [2.75, 3.05) is 11.2 Å². The molecule has 0 radical (unpaired) electrons. The van der Waals surface area contributed by atoms with Gasteiger partial charge in [0, 0.05) is 5.69 Å². The lowest BCUT2D eigenvalue weighted by atomic mass is 10.1. The van der Waals surface area contributed by atoms with Gasteiger partial charge in [-0.3, -0.25) is 9.69 Å². The van der Waals surface area contributed by atoms with E-state index in [4.69, 9.17) is 4.18 Å². The summed E-state index contributed by atoms with van der Waals surface area (Å²) in [4.78, 5) is 14.0. The first-order valence-electron chi connectivity index (χ1n) is 7.35. The number of β-lactam (4-membered cyclic amide) rings is 1. The maximum absolute atomic E-state index is 12.4. The largest absolute Gasteiger partial charge is 0.297 e. The molecule has 0 N–H and O–H groups in total. The van der Waals surface area contributed by atoms with E-state index in [1.165, 1.54) is 23.9 Å². The van der Waals surface area contributed by atoms with Gasteiger partial charge in [-0.1, -0.05) is 35.9 Å². The molecule has 0 unspecified atom stereocenters. The summed E-state index contributed by atoms with van der Waals surface area (Å²) in [5.74, 6) is -0.351. The van der Waals surface area contributed by atoms with E-state index in [0.29, 0.717) is 0 Å². The molecule has 0 bridgehead atoms. The summed E-state index contributed by atoms with van der Waals surface area (Å²) in [5.41, 5.74) is 1.68. The van der Waals surface area contributed by atoms with E-state index >= 15 is 0 Å². The Morgan fingerprint density at radius 3 is 2.25 bits per heavy atom. The first-order valence-corrected chi connectivity index (χ1v) is 10.0. The summed E-state index contributed by atoms with van der Waals surface area (Å²) in [7, 11) is -3.98. The molecule has 1 fully saturated rings. The Bertz CT molecular complexity index is 835. The van der Waals surface area contributed by atoms with Crippen molar-refractivity contribution in [3.8, 4) is 0 Å². The molecule has 126 valence electrons. The lowest BCUT2D eigenvalue weighted by Crippen LogP contribution is -2.65. The number of nitrogens with zero attached hydrogens (tertiary/aromatic N) is 1. The molecule has 1 amide bonds. The molecule has 3 rings (SSSR count). The fourth-order valence-corrected chi connectivity index (χ4v) is 4.48. The van der Waals surface area contributed by atoms with Crippen LogP contribution in [0.4, 0.5) is 5.69 Å². The van der Waals surface area contributed by atoms with Crippen LogP contribution in [-0.4, -0.2) is 32.1 Å². The van der Waals surface area contributed by atoms with Crippen LogP contribution in [0.2, 0.25) is 0 Å². The topological polar surface area (TPSA) is 63.7 Å². The van der Waals surface area contributed by atoms with Gasteiger partial charge in [-0.2, -0.15) is 8.42 Å². The Morgan fingerprint density at radius 2 is 1.67 bits per heavy atom. The molecule has 0 aromatic heterocycles. The van der Waals surface area contributed by atoms with E-state index in [1.807, 2.05) is 43.5 Å². The molecule has 1 aliphatic rings. The van der Waals surface area contributed by atoms with E-state index in [0.717, 1.165) is 11.3 Å². The first-order chi connectivity index (χ1) is 11.4. The van der Waals surface area contributed by atoms with E-state index in [2.05, 4.69) is 0 Å². The normalized spacial score (nSPS) is 20.8. The third-order valence-electron chi connectivity index (χ3n) is 3.81. The van der Waals surface area contributed by atoms with Gasteiger partial charge in [0.1, 0.15) is 5.37 Å². The van der Waals surface area contributed by atoms with Crippen LogP contribution in [0.15, 0.2) is 59.5 Å². The van der Waals surface area contributed by atoms with Crippen molar-refractivity contribution in [1.82, 2.24) is 0 Å². The highest BCUT2D eigenvalue weighted by atomic mass is 32.2. The Kier molecular flexibility index (Phi) is 4.67. The van der Waals surface area contributed by atoms with Gasteiger partial charge in [0.2, 0.25) is 0 Å². The molecule has 2 atom stereocenters. The van der Waals surface area contributed by atoms with Crippen molar-refractivity contribution in [2.45, 2.75) is 23.3 Å². The highest BCUT2D eigenvalue weighted by Crippen LogP contribution is 2.36. The van der Waals surface area contributed by atoms with Crippen LogP contribution in [-0.2, 0) is 19.1 Å². The zero-order valence-electron chi connectivity index (χ0n) is 13.2. The molecule has 24 heavy (non-hydrogen) atoms. The first kappa shape index (κ1) is 17.0. The molecular formula is C17H17NO4S2. The van der Waals surface area contributed by atoms with Crippen LogP contribution in [0.25, 0.3) is 0 Å². The van der Waals surface area contributed by atoms with Crippen LogP contribution in [0.1, 0.15) is 5.56 Å². The van der Waals surface area contributed by atoms with Crippen molar-refractivity contribution >= 4 is 33.5 Å². The predicted molar refractivity (Wildman–Crippen MR) is 94.5 cm³/mol.